The fourth-order valence-electron chi connectivity index (χ4n) is 1.47. The monoisotopic (exact) mass is 261 g/mol. The van der Waals surface area contributed by atoms with Crippen LogP contribution in [0.5, 0.6) is 0 Å². The van der Waals surface area contributed by atoms with Gasteiger partial charge >= 0.3 is 5.97 Å². The predicted octanol–water partition coefficient (Wildman–Crippen LogP) is 0.734. The molecule has 1 rings (SSSR count). The smallest absolute Gasteiger partial charge is 0.311 e. The van der Waals surface area contributed by atoms with E-state index in [1.54, 1.807) is 0 Å². The third kappa shape index (κ3) is 4.95. The van der Waals surface area contributed by atoms with Crippen LogP contribution in [0.2, 0.25) is 0 Å². The van der Waals surface area contributed by atoms with Gasteiger partial charge in [-0.15, -0.1) is 11.8 Å². The zero-order valence-electron chi connectivity index (χ0n) is 10.4. The summed E-state index contributed by atoms with van der Waals surface area (Å²) in [5.41, 5.74) is 0. The van der Waals surface area contributed by atoms with Crippen molar-refractivity contribution in [1.82, 2.24) is 5.32 Å². The van der Waals surface area contributed by atoms with Crippen molar-refractivity contribution in [3.8, 4) is 0 Å². The first-order valence-corrected chi connectivity index (χ1v) is 6.52. The number of carbonyl (C=O) groups excluding carboxylic acids is 1. The fourth-order valence-corrected chi connectivity index (χ4v) is 2.12. The normalized spacial score (nSPS) is 24.6. The lowest BCUT2D eigenvalue weighted by Gasteiger charge is -2.19. The van der Waals surface area contributed by atoms with E-state index in [0.29, 0.717) is 5.75 Å². The van der Waals surface area contributed by atoms with Crippen LogP contribution >= 0.6 is 11.8 Å². The standard InChI is InChI=1S/C11H19NO4S/c1-11(2,3)17-6-9(13)12-8-5-16-4-7(8)10(14)15/h7-8H,4-6H2,1-3H3,(H,12,13)(H,14,15). The molecule has 0 saturated carbocycles. The molecule has 0 aromatic rings. The maximum Gasteiger partial charge on any atom is 0.311 e. The average Bonchev–Trinajstić information content (AvgIpc) is 2.62. The lowest BCUT2D eigenvalue weighted by molar-refractivity contribution is -0.142. The van der Waals surface area contributed by atoms with Crippen molar-refractivity contribution in [1.29, 1.82) is 0 Å². The summed E-state index contributed by atoms with van der Waals surface area (Å²) in [7, 11) is 0. The van der Waals surface area contributed by atoms with E-state index < -0.39 is 17.9 Å². The molecular formula is C11H19NO4S. The van der Waals surface area contributed by atoms with E-state index >= 15 is 0 Å². The molecule has 1 aliphatic heterocycles. The zero-order valence-corrected chi connectivity index (χ0v) is 11.2. The molecule has 98 valence electrons. The number of carboxylic acid groups (broad SMARTS) is 1. The van der Waals surface area contributed by atoms with E-state index in [0.717, 1.165) is 0 Å². The van der Waals surface area contributed by atoms with Gasteiger partial charge < -0.3 is 15.2 Å². The van der Waals surface area contributed by atoms with Crippen molar-refractivity contribution in [3.63, 3.8) is 0 Å². The Morgan fingerprint density at radius 1 is 1.41 bits per heavy atom. The van der Waals surface area contributed by atoms with Crippen LogP contribution in [0.15, 0.2) is 0 Å². The Hall–Kier alpha value is -0.750. The second-order valence-corrected chi connectivity index (χ2v) is 6.86. The number of hydrogen-bond acceptors (Lipinski definition) is 4. The molecule has 6 heteroatoms. The third-order valence-corrected chi connectivity index (χ3v) is 3.65. The Kier molecular flexibility index (Phi) is 4.82. The Balaban J connectivity index is 2.38. The number of rotatable bonds is 4. The molecule has 5 nitrogen and oxygen atoms in total. The lowest BCUT2D eigenvalue weighted by atomic mass is 10.0. The van der Waals surface area contributed by atoms with E-state index in [9.17, 15) is 9.59 Å². The van der Waals surface area contributed by atoms with Crippen LogP contribution in [0.4, 0.5) is 0 Å². The van der Waals surface area contributed by atoms with E-state index in [-0.39, 0.29) is 23.9 Å². The molecule has 0 aromatic carbocycles. The number of aliphatic carboxylic acids is 1. The molecule has 0 aliphatic carbocycles. The molecule has 2 unspecified atom stereocenters. The third-order valence-electron chi connectivity index (χ3n) is 2.38. The van der Waals surface area contributed by atoms with Crippen molar-refractivity contribution < 1.29 is 19.4 Å². The van der Waals surface area contributed by atoms with Gasteiger partial charge in [0.05, 0.1) is 25.0 Å². The van der Waals surface area contributed by atoms with Gasteiger partial charge in [0.1, 0.15) is 5.92 Å². The highest BCUT2D eigenvalue weighted by atomic mass is 32.2. The molecule has 1 aliphatic rings. The lowest BCUT2D eigenvalue weighted by Crippen LogP contribution is -2.43. The molecular weight excluding hydrogens is 242 g/mol. The van der Waals surface area contributed by atoms with E-state index in [1.165, 1.54) is 11.8 Å². The summed E-state index contributed by atoms with van der Waals surface area (Å²) >= 11 is 1.53. The van der Waals surface area contributed by atoms with Crippen LogP contribution in [0.1, 0.15) is 20.8 Å². The summed E-state index contributed by atoms with van der Waals surface area (Å²) in [5, 5.41) is 11.6. The molecule has 0 radical (unpaired) electrons. The molecule has 0 spiro atoms. The predicted molar refractivity (Wildman–Crippen MR) is 66.1 cm³/mol. The highest BCUT2D eigenvalue weighted by molar-refractivity contribution is 8.01. The summed E-state index contributed by atoms with van der Waals surface area (Å²) in [5.74, 6) is -1.34. The van der Waals surface area contributed by atoms with Crippen molar-refractivity contribution in [2.75, 3.05) is 19.0 Å². The number of carbonyl (C=O) groups is 2. The quantitative estimate of drug-likeness (QED) is 0.780. The van der Waals surface area contributed by atoms with Crippen LogP contribution < -0.4 is 5.32 Å². The second kappa shape index (κ2) is 5.73. The van der Waals surface area contributed by atoms with Gasteiger partial charge in [-0.3, -0.25) is 9.59 Å². The Morgan fingerprint density at radius 2 is 2.06 bits per heavy atom. The van der Waals surface area contributed by atoms with Crippen molar-refractivity contribution >= 4 is 23.6 Å². The zero-order chi connectivity index (χ0) is 13.1. The summed E-state index contributed by atoms with van der Waals surface area (Å²) in [6, 6.07) is -0.402. The minimum absolute atomic E-state index is 0.0235. The molecule has 0 aromatic heterocycles. The summed E-state index contributed by atoms with van der Waals surface area (Å²) < 4.78 is 5.10. The molecule has 2 N–H and O–H groups in total. The SMILES string of the molecule is CC(C)(C)SCC(=O)NC1COCC1C(=O)O. The Labute approximate surface area is 105 Å². The van der Waals surface area contributed by atoms with Gasteiger partial charge in [-0.1, -0.05) is 20.8 Å². The first kappa shape index (κ1) is 14.3. The number of nitrogens with one attached hydrogen (secondary N) is 1. The minimum atomic E-state index is -0.920. The van der Waals surface area contributed by atoms with Crippen LogP contribution in [-0.2, 0) is 14.3 Å². The van der Waals surface area contributed by atoms with Crippen molar-refractivity contribution in [3.05, 3.63) is 0 Å². The van der Waals surface area contributed by atoms with Crippen LogP contribution in [-0.4, -0.2) is 46.7 Å². The van der Waals surface area contributed by atoms with Gasteiger partial charge in [-0.05, 0) is 0 Å². The largest absolute Gasteiger partial charge is 0.481 e. The van der Waals surface area contributed by atoms with Crippen LogP contribution in [0, 0.1) is 5.92 Å². The van der Waals surface area contributed by atoms with Gasteiger partial charge in [0.15, 0.2) is 0 Å². The Bertz CT molecular complexity index is 300. The molecule has 2 atom stereocenters. The topological polar surface area (TPSA) is 75.6 Å². The summed E-state index contributed by atoms with van der Waals surface area (Å²) in [4.78, 5) is 22.5. The van der Waals surface area contributed by atoms with E-state index in [4.69, 9.17) is 9.84 Å². The molecule has 1 amide bonds. The first-order valence-electron chi connectivity index (χ1n) is 5.53. The average molecular weight is 261 g/mol. The van der Waals surface area contributed by atoms with E-state index in [2.05, 4.69) is 5.32 Å². The van der Waals surface area contributed by atoms with Gasteiger partial charge in [-0.25, -0.2) is 0 Å². The van der Waals surface area contributed by atoms with Crippen molar-refractivity contribution in [2.45, 2.75) is 31.6 Å². The first-order chi connectivity index (χ1) is 7.79. The number of ether oxygens (including phenoxy) is 1. The van der Waals surface area contributed by atoms with Crippen molar-refractivity contribution in [2.24, 2.45) is 5.92 Å². The summed E-state index contributed by atoms with van der Waals surface area (Å²) in [6.45, 7) is 6.55. The highest BCUT2D eigenvalue weighted by Crippen LogP contribution is 2.22. The fraction of sp³-hybridized carbons (Fsp3) is 0.818. The van der Waals surface area contributed by atoms with Crippen LogP contribution in [0.25, 0.3) is 0 Å². The highest BCUT2D eigenvalue weighted by Gasteiger charge is 2.35. The second-order valence-electron chi connectivity index (χ2n) is 5.06. The maximum atomic E-state index is 11.6. The molecule has 0 bridgehead atoms. The van der Waals surface area contributed by atoms with E-state index in [1.807, 2.05) is 20.8 Å². The Morgan fingerprint density at radius 3 is 2.59 bits per heavy atom. The maximum absolute atomic E-state index is 11.6. The molecule has 1 heterocycles. The van der Waals surface area contributed by atoms with Gasteiger partial charge in [-0.2, -0.15) is 0 Å². The number of amides is 1. The summed E-state index contributed by atoms with van der Waals surface area (Å²) in [6.07, 6.45) is 0. The number of hydrogen-bond donors (Lipinski definition) is 2. The minimum Gasteiger partial charge on any atom is -0.481 e. The molecule has 1 saturated heterocycles. The van der Waals surface area contributed by atoms with Crippen LogP contribution in [0.3, 0.4) is 0 Å². The molecule has 1 fully saturated rings. The number of thioether (sulfide) groups is 1. The number of carboxylic acids is 1. The van der Waals surface area contributed by atoms with Gasteiger partial charge in [0.2, 0.25) is 5.91 Å². The molecule has 17 heavy (non-hydrogen) atoms. The van der Waals surface area contributed by atoms with Gasteiger partial charge in [0.25, 0.3) is 0 Å². The van der Waals surface area contributed by atoms with Gasteiger partial charge in [0, 0.05) is 4.75 Å².